The van der Waals surface area contributed by atoms with Crippen LogP contribution in [-0.4, -0.2) is 22.5 Å². The summed E-state index contributed by atoms with van der Waals surface area (Å²) in [6.07, 6.45) is 0.0637. The number of nitrogens with one attached hydrogen (secondary N) is 1. The van der Waals surface area contributed by atoms with Crippen LogP contribution in [0.25, 0.3) is 0 Å². The Morgan fingerprint density at radius 3 is 2.40 bits per heavy atom. The zero-order valence-electron chi connectivity index (χ0n) is 11.0. The number of amides is 1. The van der Waals surface area contributed by atoms with Crippen LogP contribution in [0.1, 0.15) is 37.0 Å². The molecule has 0 aliphatic rings. The predicted molar refractivity (Wildman–Crippen MR) is 69.8 cm³/mol. The van der Waals surface area contributed by atoms with E-state index in [1.165, 1.54) is 0 Å². The highest BCUT2D eigenvalue weighted by Gasteiger charge is 2.24. The molecule has 0 saturated heterocycles. The molecule has 7 heteroatoms. The Hall–Kier alpha value is -1.69. The fourth-order valence-corrected chi connectivity index (χ4v) is 1.79. The summed E-state index contributed by atoms with van der Waals surface area (Å²) in [7, 11) is 0. The van der Waals surface area contributed by atoms with Gasteiger partial charge in [-0.15, -0.1) is 0 Å². The van der Waals surface area contributed by atoms with E-state index in [1.807, 2.05) is 0 Å². The van der Waals surface area contributed by atoms with Crippen molar-refractivity contribution < 1.29 is 23.5 Å². The molecule has 1 rings (SSSR count). The number of halogens is 3. The number of carbonyl (C=O) groups excluding carboxylic acids is 1. The van der Waals surface area contributed by atoms with Gasteiger partial charge in [0.1, 0.15) is 0 Å². The first kappa shape index (κ1) is 16.4. The summed E-state index contributed by atoms with van der Waals surface area (Å²) in [5.74, 6) is -4.00. The van der Waals surface area contributed by atoms with E-state index in [2.05, 4.69) is 5.32 Å². The lowest BCUT2D eigenvalue weighted by Gasteiger charge is -2.25. The van der Waals surface area contributed by atoms with Gasteiger partial charge < -0.3 is 10.4 Å². The molecule has 1 amide bonds. The van der Waals surface area contributed by atoms with Gasteiger partial charge in [0.15, 0.2) is 11.6 Å². The van der Waals surface area contributed by atoms with Gasteiger partial charge in [-0.3, -0.25) is 9.59 Å². The van der Waals surface area contributed by atoms with E-state index in [9.17, 15) is 18.4 Å². The molecule has 0 spiro atoms. The van der Waals surface area contributed by atoms with Crippen molar-refractivity contribution in [1.29, 1.82) is 0 Å². The molecular formula is C13H14ClF2NO3. The number of hydrogen-bond donors (Lipinski definition) is 2. The Balaban J connectivity index is 2.86. The van der Waals surface area contributed by atoms with Crippen molar-refractivity contribution >= 4 is 23.5 Å². The summed E-state index contributed by atoms with van der Waals surface area (Å²) in [5, 5.41) is 10.9. The largest absolute Gasteiger partial charge is 0.481 e. The molecule has 1 aromatic rings. The summed E-state index contributed by atoms with van der Waals surface area (Å²) in [5.41, 5.74) is -1.02. The molecule has 0 bridgehead atoms. The highest BCUT2D eigenvalue weighted by molar-refractivity contribution is 6.33. The molecule has 4 nitrogen and oxygen atoms in total. The molecule has 0 fully saturated rings. The number of carbonyl (C=O) groups is 2. The first-order valence-electron chi connectivity index (χ1n) is 5.81. The quantitative estimate of drug-likeness (QED) is 0.822. The van der Waals surface area contributed by atoms with Gasteiger partial charge >= 0.3 is 5.97 Å². The van der Waals surface area contributed by atoms with Crippen LogP contribution in [0.2, 0.25) is 5.02 Å². The molecule has 2 N–H and O–H groups in total. The summed E-state index contributed by atoms with van der Waals surface area (Å²) in [4.78, 5) is 22.5. The van der Waals surface area contributed by atoms with Gasteiger partial charge in [-0.05, 0) is 32.4 Å². The zero-order valence-corrected chi connectivity index (χ0v) is 11.7. The van der Waals surface area contributed by atoms with Gasteiger partial charge in [0, 0.05) is 12.0 Å². The number of benzene rings is 1. The fraction of sp³-hybridized carbons (Fsp3) is 0.385. The highest BCUT2D eigenvalue weighted by atomic mass is 35.5. The molecule has 110 valence electrons. The maximum Gasteiger partial charge on any atom is 0.303 e. The Labute approximate surface area is 119 Å². The van der Waals surface area contributed by atoms with Crippen LogP contribution < -0.4 is 5.32 Å². The second-order valence-electron chi connectivity index (χ2n) is 4.98. The van der Waals surface area contributed by atoms with Crippen LogP contribution in [0.15, 0.2) is 12.1 Å². The lowest BCUT2D eigenvalue weighted by Crippen LogP contribution is -2.43. The lowest BCUT2D eigenvalue weighted by atomic mass is 9.97. The van der Waals surface area contributed by atoms with Crippen LogP contribution >= 0.6 is 11.6 Å². The summed E-state index contributed by atoms with van der Waals surface area (Å²) < 4.78 is 26.0. The molecule has 0 atom stereocenters. The molecule has 0 saturated carbocycles. The molecule has 0 heterocycles. The molecule has 0 unspecified atom stereocenters. The molecule has 0 aliphatic carbocycles. The zero-order chi connectivity index (χ0) is 15.5. The van der Waals surface area contributed by atoms with Gasteiger partial charge in [0.05, 0.1) is 10.6 Å². The van der Waals surface area contributed by atoms with Gasteiger partial charge in [-0.25, -0.2) is 8.78 Å². The fourth-order valence-electron chi connectivity index (χ4n) is 1.55. The number of rotatable bonds is 5. The maximum absolute atomic E-state index is 13.1. The van der Waals surface area contributed by atoms with E-state index in [0.29, 0.717) is 6.07 Å². The number of hydrogen-bond acceptors (Lipinski definition) is 2. The molecule has 0 aliphatic heterocycles. The van der Waals surface area contributed by atoms with Gasteiger partial charge in [0.2, 0.25) is 0 Å². The number of carboxylic acids is 1. The molecule has 0 radical (unpaired) electrons. The van der Waals surface area contributed by atoms with Gasteiger partial charge in [-0.2, -0.15) is 0 Å². The third-order valence-corrected chi connectivity index (χ3v) is 2.98. The average molecular weight is 306 g/mol. The highest BCUT2D eigenvalue weighted by Crippen LogP contribution is 2.21. The molecule has 20 heavy (non-hydrogen) atoms. The van der Waals surface area contributed by atoms with Crippen LogP contribution in [0.3, 0.4) is 0 Å². The second kappa shape index (κ2) is 6.17. The third kappa shape index (κ3) is 4.45. The van der Waals surface area contributed by atoms with E-state index >= 15 is 0 Å². The standard InChI is InChI=1S/C13H14ClF2NO3/c1-13(2,4-3-11(18)19)17-12(20)7-5-9(15)10(16)6-8(7)14/h5-6H,3-4H2,1-2H3,(H,17,20)(H,18,19). The SMILES string of the molecule is CC(C)(CCC(=O)O)NC(=O)c1cc(F)c(F)cc1Cl. The van der Waals surface area contributed by atoms with Crippen LogP contribution in [0.5, 0.6) is 0 Å². The number of aliphatic carboxylic acids is 1. The smallest absolute Gasteiger partial charge is 0.303 e. The Morgan fingerprint density at radius 1 is 1.30 bits per heavy atom. The first-order valence-corrected chi connectivity index (χ1v) is 6.19. The van der Waals surface area contributed by atoms with E-state index in [-0.39, 0.29) is 23.4 Å². The monoisotopic (exact) mass is 305 g/mol. The molecular weight excluding hydrogens is 292 g/mol. The van der Waals surface area contributed by atoms with Crippen molar-refractivity contribution in [3.05, 3.63) is 34.4 Å². The van der Waals surface area contributed by atoms with Crippen molar-refractivity contribution in [2.75, 3.05) is 0 Å². The van der Waals surface area contributed by atoms with E-state index in [0.717, 1.165) is 6.07 Å². The molecule has 0 aromatic heterocycles. The maximum atomic E-state index is 13.1. The van der Waals surface area contributed by atoms with Gasteiger partial charge in [-0.1, -0.05) is 11.6 Å². The Morgan fingerprint density at radius 2 is 1.85 bits per heavy atom. The van der Waals surface area contributed by atoms with Gasteiger partial charge in [0.25, 0.3) is 5.91 Å². The van der Waals surface area contributed by atoms with Crippen molar-refractivity contribution in [1.82, 2.24) is 5.32 Å². The van der Waals surface area contributed by atoms with Crippen molar-refractivity contribution in [2.45, 2.75) is 32.2 Å². The summed E-state index contributed by atoms with van der Waals surface area (Å²) in [6.45, 7) is 3.25. The van der Waals surface area contributed by atoms with Crippen molar-refractivity contribution in [2.24, 2.45) is 0 Å². The minimum atomic E-state index is -1.18. The Bertz CT molecular complexity index is 547. The Kier molecular flexibility index (Phi) is 5.05. The van der Waals surface area contributed by atoms with Crippen molar-refractivity contribution in [3.8, 4) is 0 Å². The molecule has 1 aromatic carbocycles. The van der Waals surface area contributed by atoms with E-state index in [1.54, 1.807) is 13.8 Å². The van der Waals surface area contributed by atoms with E-state index < -0.39 is 29.0 Å². The summed E-state index contributed by atoms with van der Waals surface area (Å²) >= 11 is 5.69. The van der Waals surface area contributed by atoms with Crippen LogP contribution in [-0.2, 0) is 4.79 Å². The normalized spacial score (nSPS) is 11.2. The third-order valence-electron chi connectivity index (χ3n) is 2.67. The topological polar surface area (TPSA) is 66.4 Å². The minimum Gasteiger partial charge on any atom is -0.481 e. The predicted octanol–water partition coefficient (Wildman–Crippen LogP) is 2.99. The van der Waals surface area contributed by atoms with Crippen LogP contribution in [0, 0.1) is 11.6 Å². The first-order chi connectivity index (χ1) is 9.12. The lowest BCUT2D eigenvalue weighted by molar-refractivity contribution is -0.137. The van der Waals surface area contributed by atoms with Crippen LogP contribution in [0.4, 0.5) is 8.78 Å². The number of carboxylic acid groups (broad SMARTS) is 1. The second-order valence-corrected chi connectivity index (χ2v) is 5.39. The minimum absolute atomic E-state index is 0.126. The average Bonchev–Trinajstić information content (AvgIpc) is 2.30. The van der Waals surface area contributed by atoms with Crippen molar-refractivity contribution in [3.63, 3.8) is 0 Å². The van der Waals surface area contributed by atoms with E-state index in [4.69, 9.17) is 16.7 Å². The summed E-state index contributed by atoms with van der Waals surface area (Å²) in [6, 6.07) is 1.43.